The van der Waals surface area contributed by atoms with Gasteiger partial charge in [0.05, 0.1) is 15.5 Å². The van der Waals surface area contributed by atoms with E-state index in [0.717, 1.165) is 10.5 Å². The molecule has 0 fully saturated rings. The van der Waals surface area contributed by atoms with Crippen LogP contribution < -0.4 is 4.72 Å². The van der Waals surface area contributed by atoms with Crippen LogP contribution in [0.3, 0.4) is 0 Å². The van der Waals surface area contributed by atoms with E-state index in [1.54, 1.807) is 31.2 Å². The fourth-order valence-corrected chi connectivity index (χ4v) is 4.29. The molecule has 0 atom stereocenters. The standard InChI is InChI=1S/C20H15BrN2O5S/c1-13-11-15(20(24)14-5-8-16(21)9-6-14)7-10-19(13)29(27,28)22-17-3-2-4-18(12-17)23(25)26/h2-12,22H,1H3. The summed E-state index contributed by atoms with van der Waals surface area (Å²) in [5.74, 6) is -0.226. The second kappa shape index (κ2) is 8.14. The first kappa shape index (κ1) is 20.7. The number of nitrogens with zero attached hydrogens (tertiary/aromatic N) is 1. The molecule has 3 rings (SSSR count). The first-order valence-electron chi connectivity index (χ1n) is 8.35. The van der Waals surface area contributed by atoms with Gasteiger partial charge in [-0.15, -0.1) is 0 Å². The lowest BCUT2D eigenvalue weighted by atomic mass is 10.0. The molecular formula is C20H15BrN2O5S. The molecule has 3 aromatic carbocycles. The third-order valence-electron chi connectivity index (χ3n) is 4.14. The summed E-state index contributed by atoms with van der Waals surface area (Å²) in [6.45, 7) is 1.58. The van der Waals surface area contributed by atoms with Crippen molar-refractivity contribution in [3.05, 3.63) is 98.0 Å². The lowest BCUT2D eigenvalue weighted by Gasteiger charge is -2.11. The second-order valence-electron chi connectivity index (χ2n) is 6.23. The van der Waals surface area contributed by atoms with E-state index in [0.29, 0.717) is 16.7 Å². The van der Waals surface area contributed by atoms with Crippen LogP contribution >= 0.6 is 15.9 Å². The van der Waals surface area contributed by atoms with Gasteiger partial charge in [0.1, 0.15) is 0 Å². The van der Waals surface area contributed by atoms with Crippen molar-refractivity contribution in [2.24, 2.45) is 0 Å². The number of hydrogen-bond donors (Lipinski definition) is 1. The maximum absolute atomic E-state index is 12.7. The summed E-state index contributed by atoms with van der Waals surface area (Å²) < 4.78 is 28.6. The second-order valence-corrected chi connectivity index (χ2v) is 8.80. The molecule has 29 heavy (non-hydrogen) atoms. The molecule has 0 aliphatic carbocycles. The summed E-state index contributed by atoms with van der Waals surface area (Å²) in [5.41, 5.74) is 1.08. The van der Waals surface area contributed by atoms with Crippen LogP contribution in [0.25, 0.3) is 0 Å². The van der Waals surface area contributed by atoms with Crippen LogP contribution in [0.2, 0.25) is 0 Å². The zero-order valence-corrected chi connectivity index (χ0v) is 17.5. The molecule has 0 aliphatic rings. The normalized spacial score (nSPS) is 11.1. The van der Waals surface area contributed by atoms with Gasteiger partial charge >= 0.3 is 0 Å². The first-order valence-corrected chi connectivity index (χ1v) is 10.6. The van der Waals surface area contributed by atoms with E-state index in [1.165, 1.54) is 36.4 Å². The molecule has 0 radical (unpaired) electrons. The zero-order chi connectivity index (χ0) is 21.2. The molecule has 0 aromatic heterocycles. The van der Waals surface area contributed by atoms with E-state index >= 15 is 0 Å². The molecule has 0 heterocycles. The molecule has 1 N–H and O–H groups in total. The molecule has 0 spiro atoms. The SMILES string of the molecule is Cc1cc(C(=O)c2ccc(Br)cc2)ccc1S(=O)(=O)Nc1cccc([N+](=O)[O-])c1. The van der Waals surface area contributed by atoms with Crippen molar-refractivity contribution in [2.75, 3.05) is 4.72 Å². The number of benzene rings is 3. The van der Waals surface area contributed by atoms with Gasteiger partial charge in [0.15, 0.2) is 5.78 Å². The van der Waals surface area contributed by atoms with Crippen molar-refractivity contribution in [2.45, 2.75) is 11.8 Å². The van der Waals surface area contributed by atoms with Crippen LogP contribution in [0.4, 0.5) is 11.4 Å². The van der Waals surface area contributed by atoms with Gasteiger partial charge < -0.3 is 0 Å². The number of nitro groups is 1. The monoisotopic (exact) mass is 474 g/mol. The number of nitro benzene ring substituents is 1. The molecule has 0 aliphatic heterocycles. The predicted molar refractivity (Wildman–Crippen MR) is 113 cm³/mol. The number of nitrogens with one attached hydrogen (secondary N) is 1. The topological polar surface area (TPSA) is 106 Å². The van der Waals surface area contributed by atoms with Crippen molar-refractivity contribution in [3.63, 3.8) is 0 Å². The maximum atomic E-state index is 12.7. The molecule has 0 saturated heterocycles. The van der Waals surface area contributed by atoms with Gasteiger partial charge in [0.25, 0.3) is 15.7 Å². The lowest BCUT2D eigenvalue weighted by molar-refractivity contribution is -0.384. The molecule has 9 heteroatoms. The molecule has 148 valence electrons. The summed E-state index contributed by atoms with van der Waals surface area (Å²) in [7, 11) is -3.99. The van der Waals surface area contributed by atoms with Crippen molar-refractivity contribution >= 4 is 43.1 Å². The summed E-state index contributed by atoms with van der Waals surface area (Å²) in [6.07, 6.45) is 0. The van der Waals surface area contributed by atoms with Crippen molar-refractivity contribution in [1.82, 2.24) is 0 Å². The Morgan fingerprint density at radius 3 is 2.28 bits per heavy atom. The van der Waals surface area contributed by atoms with Crippen LogP contribution in [0.1, 0.15) is 21.5 Å². The zero-order valence-electron chi connectivity index (χ0n) is 15.1. The fraction of sp³-hybridized carbons (Fsp3) is 0.0500. The van der Waals surface area contributed by atoms with E-state index in [4.69, 9.17) is 0 Å². The Kier molecular flexibility index (Phi) is 5.81. The van der Waals surface area contributed by atoms with Crippen LogP contribution in [0.15, 0.2) is 76.1 Å². The lowest BCUT2D eigenvalue weighted by Crippen LogP contribution is -2.15. The molecule has 0 bridgehead atoms. The molecule has 0 saturated carbocycles. The number of hydrogen-bond acceptors (Lipinski definition) is 5. The summed E-state index contributed by atoms with van der Waals surface area (Å²) in [5, 5.41) is 10.9. The molecular weight excluding hydrogens is 460 g/mol. The molecule has 7 nitrogen and oxygen atoms in total. The van der Waals surface area contributed by atoms with Crippen LogP contribution in [-0.2, 0) is 10.0 Å². The maximum Gasteiger partial charge on any atom is 0.271 e. The number of ketones is 1. The number of carbonyl (C=O) groups excluding carboxylic acids is 1. The van der Waals surface area contributed by atoms with Gasteiger partial charge in [0, 0.05) is 27.7 Å². The Bertz CT molecular complexity index is 1210. The van der Waals surface area contributed by atoms with Crippen LogP contribution in [0.5, 0.6) is 0 Å². The highest BCUT2D eigenvalue weighted by molar-refractivity contribution is 9.10. The minimum atomic E-state index is -3.99. The third kappa shape index (κ3) is 4.69. The molecule has 3 aromatic rings. The molecule has 0 amide bonds. The van der Waals surface area contributed by atoms with E-state index in [9.17, 15) is 23.3 Å². The van der Waals surface area contributed by atoms with Crippen LogP contribution in [0, 0.1) is 17.0 Å². The minimum Gasteiger partial charge on any atom is -0.289 e. The van der Waals surface area contributed by atoms with E-state index in [1.807, 2.05) is 0 Å². The number of sulfonamides is 1. The Hall–Kier alpha value is -3.04. The highest BCUT2D eigenvalue weighted by Crippen LogP contribution is 2.24. The third-order valence-corrected chi connectivity index (χ3v) is 6.21. The number of carbonyl (C=O) groups is 1. The first-order chi connectivity index (χ1) is 13.7. The highest BCUT2D eigenvalue weighted by Gasteiger charge is 2.20. The summed E-state index contributed by atoms with van der Waals surface area (Å²) in [6, 6.07) is 16.4. The fourth-order valence-electron chi connectivity index (χ4n) is 2.75. The predicted octanol–water partition coefficient (Wildman–Crippen LogP) is 4.70. The van der Waals surface area contributed by atoms with Crippen molar-refractivity contribution in [3.8, 4) is 0 Å². The van der Waals surface area contributed by atoms with Crippen molar-refractivity contribution < 1.29 is 18.1 Å². The Labute approximate surface area is 175 Å². The smallest absolute Gasteiger partial charge is 0.271 e. The van der Waals surface area contributed by atoms with Gasteiger partial charge in [0.2, 0.25) is 0 Å². The number of anilines is 1. The van der Waals surface area contributed by atoms with Gasteiger partial charge in [-0.2, -0.15) is 0 Å². The van der Waals surface area contributed by atoms with Gasteiger partial charge in [-0.1, -0.05) is 22.0 Å². The minimum absolute atomic E-state index is 0.0173. The van der Waals surface area contributed by atoms with Crippen LogP contribution in [-0.4, -0.2) is 19.1 Å². The van der Waals surface area contributed by atoms with Gasteiger partial charge in [-0.05, 0) is 61.0 Å². The summed E-state index contributed by atoms with van der Waals surface area (Å²) in [4.78, 5) is 22.9. The average molecular weight is 475 g/mol. The Balaban J connectivity index is 1.89. The largest absolute Gasteiger partial charge is 0.289 e. The molecule has 0 unspecified atom stereocenters. The number of halogens is 1. The highest BCUT2D eigenvalue weighted by atomic mass is 79.9. The average Bonchev–Trinajstić information content (AvgIpc) is 2.67. The van der Waals surface area contributed by atoms with Gasteiger partial charge in [-0.3, -0.25) is 19.6 Å². The Morgan fingerprint density at radius 1 is 1.00 bits per heavy atom. The van der Waals surface area contributed by atoms with Crippen molar-refractivity contribution in [1.29, 1.82) is 0 Å². The number of rotatable bonds is 6. The number of non-ortho nitro benzene ring substituents is 1. The van der Waals surface area contributed by atoms with E-state index in [-0.39, 0.29) is 22.1 Å². The van der Waals surface area contributed by atoms with Gasteiger partial charge in [-0.25, -0.2) is 8.42 Å². The summed E-state index contributed by atoms with van der Waals surface area (Å²) >= 11 is 3.31. The quantitative estimate of drug-likeness (QED) is 0.316. The van der Waals surface area contributed by atoms with E-state index in [2.05, 4.69) is 20.7 Å². The van der Waals surface area contributed by atoms with E-state index < -0.39 is 14.9 Å². The number of aryl methyl sites for hydroxylation is 1. The Morgan fingerprint density at radius 2 is 1.66 bits per heavy atom.